The Morgan fingerprint density at radius 1 is 1.67 bits per heavy atom. The topological polar surface area (TPSA) is 37.3 Å². The Labute approximate surface area is 68.5 Å². The third-order valence-corrected chi connectivity index (χ3v) is 3.39. The molecular formula is C6H10F3O2P. The first kappa shape index (κ1) is 11.7. The fourth-order valence-electron chi connectivity index (χ4n) is 0.646. The molecule has 0 radical (unpaired) electrons. The molecule has 1 N–H and O–H groups in total. The molecule has 0 aliphatic heterocycles. The lowest BCUT2D eigenvalue weighted by Crippen LogP contribution is -2.16. The third kappa shape index (κ3) is 3.93. The monoisotopic (exact) mass is 202 g/mol. The van der Waals surface area contributed by atoms with Crippen molar-refractivity contribution in [1.82, 2.24) is 0 Å². The molecule has 0 heterocycles. The first-order valence-corrected chi connectivity index (χ1v) is 5.01. The molecule has 0 rings (SSSR count). The molecule has 0 aliphatic rings. The van der Waals surface area contributed by atoms with Crippen LogP contribution in [0.4, 0.5) is 13.2 Å². The van der Waals surface area contributed by atoms with Crippen LogP contribution in [0.25, 0.3) is 0 Å². The Morgan fingerprint density at radius 2 is 2.08 bits per heavy atom. The van der Waals surface area contributed by atoms with E-state index in [9.17, 15) is 17.7 Å². The van der Waals surface area contributed by atoms with Crippen molar-refractivity contribution < 1.29 is 22.6 Å². The molecule has 0 saturated heterocycles. The van der Waals surface area contributed by atoms with Crippen molar-refractivity contribution >= 4 is 7.37 Å². The Kier molecular flexibility index (Phi) is 3.54. The van der Waals surface area contributed by atoms with Gasteiger partial charge in [-0.05, 0) is 5.82 Å². The van der Waals surface area contributed by atoms with Gasteiger partial charge >= 0.3 is 6.18 Å². The van der Waals surface area contributed by atoms with E-state index < -0.39 is 25.6 Å². The van der Waals surface area contributed by atoms with E-state index in [0.29, 0.717) is 5.82 Å². The van der Waals surface area contributed by atoms with Gasteiger partial charge in [0.2, 0.25) is 7.37 Å². The van der Waals surface area contributed by atoms with Gasteiger partial charge in [-0.1, -0.05) is 13.5 Å². The van der Waals surface area contributed by atoms with Crippen LogP contribution in [0.2, 0.25) is 0 Å². The van der Waals surface area contributed by atoms with Gasteiger partial charge in [-0.2, -0.15) is 13.2 Å². The molecular weight excluding hydrogens is 192 g/mol. The number of hydrogen-bond donors (Lipinski definition) is 1. The highest BCUT2D eigenvalue weighted by molar-refractivity contribution is 7.61. The van der Waals surface area contributed by atoms with E-state index in [-0.39, 0.29) is 0 Å². The standard InChI is InChI=1S/C6H10F3O2P/c1-3-12(10,11)5(2)4-6(7,8)9/h3,5H,1,4H2,2H3,(H,10,11). The first-order chi connectivity index (χ1) is 5.19. The Balaban J connectivity index is 4.33. The summed E-state index contributed by atoms with van der Waals surface area (Å²) >= 11 is 0. The van der Waals surface area contributed by atoms with Crippen molar-refractivity contribution in [3.05, 3.63) is 12.4 Å². The van der Waals surface area contributed by atoms with Crippen molar-refractivity contribution in [1.29, 1.82) is 0 Å². The normalized spacial score (nSPS) is 19.8. The van der Waals surface area contributed by atoms with Crippen LogP contribution in [0.15, 0.2) is 12.4 Å². The molecule has 2 atom stereocenters. The molecule has 0 aromatic heterocycles. The van der Waals surface area contributed by atoms with Crippen LogP contribution < -0.4 is 0 Å². The molecule has 72 valence electrons. The molecule has 0 aromatic carbocycles. The average Bonchev–Trinajstić information content (AvgIpc) is 1.84. The summed E-state index contributed by atoms with van der Waals surface area (Å²) in [6, 6.07) is 0. The second-order valence-electron chi connectivity index (χ2n) is 2.52. The Hall–Kier alpha value is -0.280. The molecule has 0 amide bonds. The van der Waals surface area contributed by atoms with Gasteiger partial charge in [0.05, 0.1) is 6.42 Å². The lowest BCUT2D eigenvalue weighted by Gasteiger charge is -2.16. The fraction of sp³-hybridized carbons (Fsp3) is 0.667. The summed E-state index contributed by atoms with van der Waals surface area (Å²) in [5, 5.41) is 0. The lowest BCUT2D eigenvalue weighted by atomic mass is 10.3. The first-order valence-electron chi connectivity index (χ1n) is 3.21. The lowest BCUT2D eigenvalue weighted by molar-refractivity contribution is -0.134. The maximum Gasteiger partial charge on any atom is 0.389 e. The molecule has 0 bridgehead atoms. The average molecular weight is 202 g/mol. The van der Waals surface area contributed by atoms with E-state index in [1.54, 1.807) is 0 Å². The van der Waals surface area contributed by atoms with Crippen molar-refractivity contribution in [2.45, 2.75) is 25.2 Å². The van der Waals surface area contributed by atoms with Gasteiger partial charge in [0.15, 0.2) is 0 Å². The number of hydrogen-bond acceptors (Lipinski definition) is 1. The highest BCUT2D eigenvalue weighted by Crippen LogP contribution is 2.50. The SMILES string of the molecule is C=CP(=O)(O)C(C)CC(F)(F)F. The van der Waals surface area contributed by atoms with Crippen LogP contribution in [-0.4, -0.2) is 16.7 Å². The van der Waals surface area contributed by atoms with Gasteiger partial charge in [0.1, 0.15) is 0 Å². The second kappa shape index (κ2) is 3.62. The van der Waals surface area contributed by atoms with Crippen molar-refractivity contribution in [3.8, 4) is 0 Å². The Bertz CT molecular complexity index is 211. The predicted molar refractivity (Wildman–Crippen MR) is 40.2 cm³/mol. The van der Waals surface area contributed by atoms with E-state index in [0.717, 1.165) is 6.92 Å². The summed E-state index contributed by atoms with van der Waals surface area (Å²) < 4.78 is 46.0. The quantitative estimate of drug-likeness (QED) is 0.714. The van der Waals surface area contributed by atoms with E-state index in [1.165, 1.54) is 0 Å². The van der Waals surface area contributed by atoms with E-state index >= 15 is 0 Å². The maximum absolute atomic E-state index is 11.7. The second-order valence-corrected chi connectivity index (χ2v) is 5.12. The largest absolute Gasteiger partial charge is 0.389 e. The molecule has 0 aromatic rings. The summed E-state index contributed by atoms with van der Waals surface area (Å²) in [7, 11) is -3.82. The van der Waals surface area contributed by atoms with Crippen LogP contribution >= 0.6 is 7.37 Å². The van der Waals surface area contributed by atoms with Crippen LogP contribution in [-0.2, 0) is 4.57 Å². The fourth-order valence-corrected chi connectivity index (χ4v) is 1.47. The van der Waals surface area contributed by atoms with E-state index in [1.807, 2.05) is 0 Å². The van der Waals surface area contributed by atoms with Crippen molar-refractivity contribution in [3.63, 3.8) is 0 Å². The van der Waals surface area contributed by atoms with E-state index in [2.05, 4.69) is 6.58 Å². The minimum absolute atomic E-state index is 0.684. The summed E-state index contributed by atoms with van der Waals surface area (Å²) in [5.74, 6) is 0.684. The smallest absolute Gasteiger partial charge is 0.341 e. The van der Waals surface area contributed by atoms with Crippen LogP contribution in [0, 0.1) is 0 Å². The zero-order chi connectivity index (χ0) is 9.99. The Morgan fingerprint density at radius 3 is 2.33 bits per heavy atom. The molecule has 0 saturated carbocycles. The van der Waals surface area contributed by atoms with Crippen molar-refractivity contribution in [2.75, 3.05) is 0 Å². The van der Waals surface area contributed by atoms with Gasteiger partial charge in [-0.15, -0.1) is 0 Å². The molecule has 0 spiro atoms. The van der Waals surface area contributed by atoms with Gasteiger partial charge in [0.25, 0.3) is 0 Å². The van der Waals surface area contributed by atoms with Gasteiger partial charge in [-0.3, -0.25) is 4.57 Å². The molecule has 12 heavy (non-hydrogen) atoms. The number of rotatable bonds is 3. The number of halogens is 3. The number of alkyl halides is 3. The zero-order valence-electron chi connectivity index (χ0n) is 6.51. The molecule has 2 nitrogen and oxygen atoms in total. The van der Waals surface area contributed by atoms with Crippen molar-refractivity contribution in [2.24, 2.45) is 0 Å². The zero-order valence-corrected chi connectivity index (χ0v) is 7.40. The summed E-state index contributed by atoms with van der Waals surface area (Å²) in [6.45, 7) is 4.08. The molecule has 2 unspecified atom stereocenters. The summed E-state index contributed by atoms with van der Waals surface area (Å²) in [6.07, 6.45) is -5.66. The van der Waals surface area contributed by atoms with Crippen LogP contribution in [0.3, 0.4) is 0 Å². The maximum atomic E-state index is 11.7. The summed E-state index contributed by atoms with van der Waals surface area (Å²) in [4.78, 5) is 8.89. The van der Waals surface area contributed by atoms with Crippen LogP contribution in [0.5, 0.6) is 0 Å². The van der Waals surface area contributed by atoms with Gasteiger partial charge < -0.3 is 4.89 Å². The highest BCUT2D eigenvalue weighted by Gasteiger charge is 2.36. The van der Waals surface area contributed by atoms with Gasteiger partial charge in [0, 0.05) is 5.66 Å². The highest BCUT2D eigenvalue weighted by atomic mass is 31.2. The van der Waals surface area contributed by atoms with Gasteiger partial charge in [-0.25, -0.2) is 0 Å². The molecule has 0 aliphatic carbocycles. The van der Waals surface area contributed by atoms with E-state index in [4.69, 9.17) is 4.89 Å². The minimum atomic E-state index is -4.40. The predicted octanol–water partition coefficient (Wildman–Crippen LogP) is 2.74. The third-order valence-electron chi connectivity index (χ3n) is 1.42. The molecule has 0 fully saturated rings. The minimum Gasteiger partial charge on any atom is -0.341 e. The molecule has 6 heteroatoms. The summed E-state index contributed by atoms with van der Waals surface area (Å²) in [5.41, 5.74) is -1.31. The van der Waals surface area contributed by atoms with Crippen LogP contribution in [0.1, 0.15) is 13.3 Å².